The van der Waals surface area contributed by atoms with Gasteiger partial charge in [0.05, 0.1) is 10.0 Å². The van der Waals surface area contributed by atoms with Crippen LogP contribution in [-0.2, 0) is 13.2 Å². The Hall–Kier alpha value is -1.75. The number of anilines is 1. The van der Waals surface area contributed by atoms with E-state index in [4.69, 9.17) is 27.9 Å². The summed E-state index contributed by atoms with van der Waals surface area (Å²) < 4.78 is 19.7. The van der Waals surface area contributed by atoms with Gasteiger partial charge in [0.2, 0.25) is 0 Å². The van der Waals surface area contributed by atoms with E-state index in [0.29, 0.717) is 22.3 Å². The van der Waals surface area contributed by atoms with E-state index in [9.17, 15) is 4.39 Å². The summed E-state index contributed by atoms with van der Waals surface area (Å²) in [6, 6.07) is 17.6. The zero-order chi connectivity index (χ0) is 18.5. The molecule has 0 aromatic heterocycles. The average molecular weight is 455 g/mol. The van der Waals surface area contributed by atoms with E-state index in [1.807, 2.05) is 36.4 Å². The Labute approximate surface area is 170 Å². The summed E-state index contributed by atoms with van der Waals surface area (Å²) in [4.78, 5) is 0. The molecule has 3 rings (SSSR count). The number of halogens is 4. The van der Waals surface area contributed by atoms with Gasteiger partial charge in [0.25, 0.3) is 0 Å². The van der Waals surface area contributed by atoms with Crippen molar-refractivity contribution in [2.24, 2.45) is 0 Å². The molecule has 0 bridgehead atoms. The minimum absolute atomic E-state index is 0.260. The predicted octanol–water partition coefficient (Wildman–Crippen LogP) is 7.09. The van der Waals surface area contributed by atoms with E-state index < -0.39 is 0 Å². The number of rotatable bonds is 6. The van der Waals surface area contributed by atoms with E-state index in [2.05, 4.69) is 21.2 Å². The Kier molecular flexibility index (Phi) is 6.41. The lowest BCUT2D eigenvalue weighted by Gasteiger charge is -2.13. The molecule has 6 heteroatoms. The fourth-order valence-electron chi connectivity index (χ4n) is 2.36. The molecule has 0 radical (unpaired) electrons. The van der Waals surface area contributed by atoms with Crippen molar-refractivity contribution in [2.45, 2.75) is 13.2 Å². The monoisotopic (exact) mass is 453 g/mol. The average Bonchev–Trinajstić information content (AvgIpc) is 2.62. The van der Waals surface area contributed by atoms with Crippen molar-refractivity contribution in [3.8, 4) is 5.75 Å². The van der Waals surface area contributed by atoms with Crippen LogP contribution in [0, 0.1) is 5.82 Å². The van der Waals surface area contributed by atoms with Crippen LogP contribution < -0.4 is 10.1 Å². The van der Waals surface area contributed by atoms with Gasteiger partial charge in [-0.1, -0.05) is 51.3 Å². The summed E-state index contributed by atoms with van der Waals surface area (Å²) in [6.07, 6.45) is 0. The molecule has 0 fully saturated rings. The lowest BCUT2D eigenvalue weighted by molar-refractivity contribution is 0.306. The van der Waals surface area contributed by atoms with Crippen molar-refractivity contribution in [1.29, 1.82) is 0 Å². The third-order valence-corrected chi connectivity index (χ3v) is 4.79. The van der Waals surface area contributed by atoms with Crippen LogP contribution in [0.4, 0.5) is 10.1 Å². The number of nitrogens with one attached hydrogen (secondary N) is 1. The Morgan fingerprint density at radius 2 is 1.50 bits per heavy atom. The molecule has 1 N–H and O–H groups in total. The Morgan fingerprint density at radius 1 is 0.885 bits per heavy atom. The van der Waals surface area contributed by atoms with Crippen molar-refractivity contribution in [3.05, 3.63) is 92.1 Å². The second-order valence-corrected chi connectivity index (χ2v) is 7.39. The van der Waals surface area contributed by atoms with Crippen molar-refractivity contribution >= 4 is 44.8 Å². The molecule has 0 saturated carbocycles. The van der Waals surface area contributed by atoms with Crippen LogP contribution >= 0.6 is 39.1 Å². The van der Waals surface area contributed by atoms with Gasteiger partial charge in [0.15, 0.2) is 5.75 Å². The highest BCUT2D eigenvalue weighted by molar-refractivity contribution is 9.10. The van der Waals surface area contributed by atoms with Gasteiger partial charge < -0.3 is 10.1 Å². The first kappa shape index (κ1) is 19.0. The second kappa shape index (κ2) is 8.76. The van der Waals surface area contributed by atoms with Gasteiger partial charge in [0.1, 0.15) is 12.4 Å². The molecular formula is C20H15BrCl2FNO. The second-order valence-electron chi connectivity index (χ2n) is 5.66. The summed E-state index contributed by atoms with van der Waals surface area (Å²) in [5.74, 6) is 0.137. The van der Waals surface area contributed by atoms with E-state index in [-0.39, 0.29) is 12.4 Å². The highest BCUT2D eigenvalue weighted by atomic mass is 79.9. The van der Waals surface area contributed by atoms with Gasteiger partial charge in [0, 0.05) is 16.7 Å². The van der Waals surface area contributed by atoms with Crippen LogP contribution in [0.3, 0.4) is 0 Å². The van der Waals surface area contributed by atoms with Crippen LogP contribution in [0.1, 0.15) is 11.1 Å². The Bertz CT molecular complexity index is 862. The van der Waals surface area contributed by atoms with Crippen LogP contribution in [-0.4, -0.2) is 0 Å². The summed E-state index contributed by atoms with van der Waals surface area (Å²) >= 11 is 16.1. The van der Waals surface area contributed by atoms with Crippen LogP contribution in [0.5, 0.6) is 5.75 Å². The first-order valence-corrected chi connectivity index (χ1v) is 9.41. The Balaban J connectivity index is 1.65. The summed E-state index contributed by atoms with van der Waals surface area (Å²) in [5, 5.41) is 4.19. The van der Waals surface area contributed by atoms with Gasteiger partial charge >= 0.3 is 0 Å². The molecule has 0 atom stereocenters. The van der Waals surface area contributed by atoms with Gasteiger partial charge in [-0.05, 0) is 59.7 Å². The third kappa shape index (κ3) is 5.13. The molecule has 0 amide bonds. The van der Waals surface area contributed by atoms with E-state index in [0.717, 1.165) is 21.3 Å². The molecule has 0 heterocycles. The molecule has 0 aliphatic rings. The van der Waals surface area contributed by atoms with Gasteiger partial charge in [-0.15, -0.1) is 0 Å². The topological polar surface area (TPSA) is 21.3 Å². The summed E-state index contributed by atoms with van der Waals surface area (Å²) in [6.45, 7) is 0.843. The zero-order valence-electron chi connectivity index (χ0n) is 13.6. The molecule has 0 unspecified atom stereocenters. The largest absolute Gasteiger partial charge is 0.486 e. The molecule has 3 aromatic carbocycles. The minimum Gasteiger partial charge on any atom is -0.486 e. The summed E-state index contributed by atoms with van der Waals surface area (Å²) in [7, 11) is 0. The van der Waals surface area contributed by atoms with Gasteiger partial charge in [-0.25, -0.2) is 4.39 Å². The fraction of sp³-hybridized carbons (Fsp3) is 0.100. The lowest BCUT2D eigenvalue weighted by Crippen LogP contribution is -2.01. The fourth-order valence-corrected chi connectivity index (χ4v) is 3.27. The quantitative estimate of drug-likeness (QED) is 0.429. The van der Waals surface area contributed by atoms with Crippen molar-refractivity contribution in [2.75, 3.05) is 5.32 Å². The normalized spacial score (nSPS) is 10.6. The maximum atomic E-state index is 12.9. The van der Waals surface area contributed by atoms with E-state index in [1.54, 1.807) is 12.1 Å². The van der Waals surface area contributed by atoms with Gasteiger partial charge in [-0.3, -0.25) is 0 Å². The van der Waals surface area contributed by atoms with Crippen LogP contribution in [0.15, 0.2) is 65.1 Å². The summed E-state index contributed by atoms with van der Waals surface area (Å²) in [5.41, 5.74) is 2.77. The van der Waals surface area contributed by atoms with Crippen LogP contribution in [0.2, 0.25) is 10.0 Å². The standard InChI is InChI=1S/C20H15BrCl2FNO/c21-15-3-7-17(8-4-15)25-11-14-9-18(22)20(19(23)10-14)26-12-13-1-5-16(24)6-2-13/h1-10,25H,11-12H2. The van der Waals surface area contributed by atoms with Crippen molar-refractivity contribution < 1.29 is 9.13 Å². The maximum Gasteiger partial charge on any atom is 0.156 e. The molecule has 3 aromatic rings. The smallest absolute Gasteiger partial charge is 0.156 e. The molecule has 26 heavy (non-hydrogen) atoms. The maximum absolute atomic E-state index is 12.9. The molecule has 0 aliphatic heterocycles. The molecule has 0 spiro atoms. The molecule has 134 valence electrons. The third-order valence-electron chi connectivity index (χ3n) is 3.70. The molecule has 2 nitrogen and oxygen atoms in total. The molecular weight excluding hydrogens is 440 g/mol. The number of benzene rings is 3. The Morgan fingerprint density at radius 3 is 2.12 bits per heavy atom. The minimum atomic E-state index is -0.285. The zero-order valence-corrected chi connectivity index (χ0v) is 16.7. The molecule has 0 aliphatic carbocycles. The predicted molar refractivity (Wildman–Crippen MR) is 109 cm³/mol. The van der Waals surface area contributed by atoms with E-state index >= 15 is 0 Å². The lowest BCUT2D eigenvalue weighted by atomic mass is 10.2. The van der Waals surface area contributed by atoms with Crippen molar-refractivity contribution in [1.82, 2.24) is 0 Å². The SMILES string of the molecule is Fc1ccc(COc2c(Cl)cc(CNc3ccc(Br)cc3)cc2Cl)cc1. The number of hydrogen-bond donors (Lipinski definition) is 1. The molecule has 0 saturated heterocycles. The van der Waals surface area contributed by atoms with Gasteiger partial charge in [-0.2, -0.15) is 0 Å². The number of ether oxygens (including phenoxy) is 1. The first-order valence-electron chi connectivity index (χ1n) is 7.86. The highest BCUT2D eigenvalue weighted by Gasteiger charge is 2.10. The van der Waals surface area contributed by atoms with E-state index in [1.165, 1.54) is 12.1 Å². The van der Waals surface area contributed by atoms with Crippen molar-refractivity contribution in [3.63, 3.8) is 0 Å². The van der Waals surface area contributed by atoms with Crippen LogP contribution in [0.25, 0.3) is 0 Å². The first-order chi connectivity index (χ1) is 12.5. The highest BCUT2D eigenvalue weighted by Crippen LogP contribution is 2.35. The number of hydrogen-bond acceptors (Lipinski definition) is 2.